The average molecular weight is 168 g/mol. The lowest BCUT2D eigenvalue weighted by molar-refractivity contribution is -0.0703. The Morgan fingerprint density at radius 3 is 2.08 bits per heavy atom. The van der Waals surface area contributed by atoms with Crippen molar-refractivity contribution in [3.63, 3.8) is 0 Å². The van der Waals surface area contributed by atoms with Gasteiger partial charge in [0.2, 0.25) is 0 Å². The van der Waals surface area contributed by atoms with Gasteiger partial charge in [0.15, 0.2) is 6.29 Å². The van der Waals surface area contributed by atoms with Crippen LogP contribution in [0.4, 0.5) is 0 Å². The highest BCUT2D eigenvalue weighted by Gasteiger charge is 2.10. The molecule has 1 atom stereocenters. The highest BCUT2D eigenvalue weighted by molar-refractivity contribution is 5.17. The Morgan fingerprint density at radius 2 is 1.58 bits per heavy atom. The lowest BCUT2D eigenvalue weighted by atomic mass is 10.1. The van der Waals surface area contributed by atoms with Gasteiger partial charge in [0, 0.05) is 6.42 Å². The summed E-state index contributed by atoms with van der Waals surface area (Å²) in [5.41, 5.74) is 0.700. The van der Waals surface area contributed by atoms with E-state index in [9.17, 15) is 5.11 Å². The number of hydrogen-bond donors (Lipinski definition) is 3. The summed E-state index contributed by atoms with van der Waals surface area (Å²) in [6, 6.07) is 8.91. The van der Waals surface area contributed by atoms with Crippen LogP contribution in [0, 0.1) is 0 Å². The van der Waals surface area contributed by atoms with Gasteiger partial charge in [0.05, 0.1) is 6.10 Å². The van der Waals surface area contributed by atoms with Gasteiger partial charge in [-0.25, -0.2) is 0 Å². The maximum atomic E-state index is 9.37. The minimum absolute atomic E-state index is 0.0516. The molecule has 0 aliphatic carbocycles. The largest absolute Gasteiger partial charge is 0.388 e. The first-order chi connectivity index (χ1) is 5.70. The van der Waals surface area contributed by atoms with Crippen LogP contribution in [0.2, 0.25) is 0 Å². The smallest absolute Gasteiger partial charge is 0.154 e. The number of hydrogen-bond acceptors (Lipinski definition) is 3. The molecule has 1 aromatic carbocycles. The van der Waals surface area contributed by atoms with Crippen LogP contribution >= 0.6 is 0 Å². The van der Waals surface area contributed by atoms with E-state index in [1.807, 2.05) is 6.07 Å². The average Bonchev–Trinajstić information content (AvgIpc) is 2.05. The fraction of sp³-hybridized carbons (Fsp3) is 0.333. The van der Waals surface area contributed by atoms with Crippen molar-refractivity contribution in [3.05, 3.63) is 35.9 Å². The second-order valence-corrected chi connectivity index (χ2v) is 2.64. The van der Waals surface area contributed by atoms with E-state index in [0.29, 0.717) is 5.56 Å². The summed E-state index contributed by atoms with van der Waals surface area (Å²) >= 11 is 0. The summed E-state index contributed by atoms with van der Waals surface area (Å²) in [6.45, 7) is 0. The van der Waals surface area contributed by atoms with Crippen LogP contribution < -0.4 is 0 Å². The van der Waals surface area contributed by atoms with Crippen LogP contribution in [0.25, 0.3) is 0 Å². The van der Waals surface area contributed by atoms with E-state index in [1.54, 1.807) is 24.3 Å². The minimum atomic E-state index is -1.46. The number of rotatable bonds is 3. The Morgan fingerprint density at radius 1 is 1.00 bits per heavy atom. The molecule has 0 fully saturated rings. The second-order valence-electron chi connectivity index (χ2n) is 2.64. The van der Waals surface area contributed by atoms with E-state index in [0.717, 1.165) is 0 Å². The fourth-order valence-electron chi connectivity index (χ4n) is 1.01. The molecule has 0 heterocycles. The van der Waals surface area contributed by atoms with Crippen LogP contribution in [0.1, 0.15) is 18.1 Å². The van der Waals surface area contributed by atoms with Crippen molar-refractivity contribution in [3.8, 4) is 0 Å². The molecule has 12 heavy (non-hydrogen) atoms. The van der Waals surface area contributed by atoms with E-state index >= 15 is 0 Å². The first-order valence-corrected chi connectivity index (χ1v) is 3.79. The Balaban J connectivity index is 2.59. The molecule has 66 valence electrons. The summed E-state index contributed by atoms with van der Waals surface area (Å²) in [5, 5.41) is 26.5. The van der Waals surface area contributed by atoms with Crippen LogP contribution in [0.15, 0.2) is 30.3 Å². The van der Waals surface area contributed by atoms with Crippen molar-refractivity contribution >= 4 is 0 Å². The predicted octanol–water partition coefficient (Wildman–Crippen LogP) is 0.421. The van der Waals surface area contributed by atoms with E-state index in [2.05, 4.69) is 0 Å². The van der Waals surface area contributed by atoms with Gasteiger partial charge in [0.1, 0.15) is 0 Å². The zero-order valence-electron chi connectivity index (χ0n) is 6.59. The Labute approximate surface area is 70.9 Å². The van der Waals surface area contributed by atoms with Gasteiger partial charge in [-0.1, -0.05) is 30.3 Å². The molecule has 3 N–H and O–H groups in total. The zero-order valence-corrected chi connectivity index (χ0v) is 6.59. The SMILES string of the molecule is OC(O)CC(O)c1ccccc1. The van der Waals surface area contributed by atoms with Gasteiger partial charge in [-0.2, -0.15) is 0 Å². The van der Waals surface area contributed by atoms with Crippen molar-refractivity contribution < 1.29 is 15.3 Å². The summed E-state index contributed by atoms with van der Waals surface area (Å²) in [4.78, 5) is 0. The molecule has 0 saturated heterocycles. The van der Waals surface area contributed by atoms with Gasteiger partial charge in [-0.05, 0) is 5.56 Å². The van der Waals surface area contributed by atoms with Crippen LogP contribution in [-0.4, -0.2) is 21.6 Å². The lowest BCUT2D eigenvalue weighted by Crippen LogP contribution is -2.10. The summed E-state index contributed by atoms with van der Waals surface area (Å²) in [7, 11) is 0. The maximum absolute atomic E-state index is 9.37. The molecule has 1 unspecified atom stereocenters. The summed E-state index contributed by atoms with van der Waals surface area (Å²) in [6.07, 6.45) is -2.31. The van der Waals surface area contributed by atoms with Crippen molar-refractivity contribution in [2.75, 3.05) is 0 Å². The van der Waals surface area contributed by atoms with E-state index < -0.39 is 12.4 Å². The monoisotopic (exact) mass is 168 g/mol. The predicted molar refractivity (Wildman–Crippen MR) is 44.2 cm³/mol. The molecule has 0 saturated carbocycles. The number of benzene rings is 1. The van der Waals surface area contributed by atoms with Gasteiger partial charge in [-0.15, -0.1) is 0 Å². The Hall–Kier alpha value is -0.900. The molecule has 0 aliphatic rings. The van der Waals surface area contributed by atoms with Crippen LogP contribution in [0.3, 0.4) is 0 Å². The molecule has 0 amide bonds. The Bertz CT molecular complexity index is 220. The molecule has 0 spiro atoms. The second kappa shape index (κ2) is 4.21. The van der Waals surface area contributed by atoms with Gasteiger partial charge >= 0.3 is 0 Å². The molecule has 1 aromatic rings. The van der Waals surface area contributed by atoms with Crippen molar-refractivity contribution in [2.45, 2.75) is 18.8 Å². The molecule has 0 aliphatic heterocycles. The standard InChI is InChI=1S/C9H12O3/c10-8(6-9(11)12)7-4-2-1-3-5-7/h1-5,8-12H,6H2. The molecular weight excluding hydrogens is 156 g/mol. The Kier molecular flexibility index (Phi) is 3.22. The van der Waals surface area contributed by atoms with Gasteiger partial charge in [-0.3, -0.25) is 0 Å². The molecule has 3 nitrogen and oxygen atoms in total. The minimum Gasteiger partial charge on any atom is -0.388 e. The summed E-state index contributed by atoms with van der Waals surface area (Å²) < 4.78 is 0. The lowest BCUT2D eigenvalue weighted by Gasteiger charge is -2.11. The topological polar surface area (TPSA) is 60.7 Å². The van der Waals surface area contributed by atoms with E-state index in [1.165, 1.54) is 0 Å². The van der Waals surface area contributed by atoms with Crippen molar-refractivity contribution in [1.29, 1.82) is 0 Å². The third-order valence-corrected chi connectivity index (χ3v) is 1.62. The normalized spacial score (nSPS) is 13.3. The van der Waals surface area contributed by atoms with Gasteiger partial charge < -0.3 is 15.3 Å². The highest BCUT2D eigenvalue weighted by atomic mass is 16.5. The molecule has 0 aromatic heterocycles. The van der Waals surface area contributed by atoms with E-state index in [4.69, 9.17) is 10.2 Å². The summed E-state index contributed by atoms with van der Waals surface area (Å²) in [5.74, 6) is 0. The van der Waals surface area contributed by atoms with Crippen LogP contribution in [0.5, 0.6) is 0 Å². The zero-order chi connectivity index (χ0) is 8.97. The quantitative estimate of drug-likeness (QED) is 0.573. The number of aliphatic hydroxyl groups excluding tert-OH is 2. The highest BCUT2D eigenvalue weighted by Crippen LogP contribution is 2.16. The fourth-order valence-corrected chi connectivity index (χ4v) is 1.01. The molecule has 1 rings (SSSR count). The first kappa shape index (κ1) is 9.19. The third kappa shape index (κ3) is 2.62. The van der Waals surface area contributed by atoms with Crippen LogP contribution in [-0.2, 0) is 0 Å². The molecule has 0 bridgehead atoms. The molecule has 3 heteroatoms. The van der Waals surface area contributed by atoms with E-state index in [-0.39, 0.29) is 6.42 Å². The third-order valence-electron chi connectivity index (χ3n) is 1.62. The number of aliphatic hydroxyl groups is 3. The van der Waals surface area contributed by atoms with Crippen molar-refractivity contribution in [2.24, 2.45) is 0 Å². The first-order valence-electron chi connectivity index (χ1n) is 3.79. The molecular formula is C9H12O3. The molecule has 0 radical (unpaired) electrons. The van der Waals surface area contributed by atoms with Gasteiger partial charge in [0.25, 0.3) is 0 Å². The maximum Gasteiger partial charge on any atom is 0.154 e. The van der Waals surface area contributed by atoms with Crippen molar-refractivity contribution in [1.82, 2.24) is 0 Å².